The topological polar surface area (TPSA) is 30.0 Å². The minimum Gasteiger partial charge on any atom is -0.318 e. The Labute approximate surface area is 115 Å². The maximum atomic E-state index is 13.6. The van der Waals surface area contributed by atoms with Gasteiger partial charge in [-0.3, -0.25) is 4.98 Å². The van der Waals surface area contributed by atoms with E-state index in [4.69, 9.17) is 0 Å². The minimum atomic E-state index is -2.54. The zero-order chi connectivity index (χ0) is 13.9. The standard InChI is InChI=1S/C16H20NOP/c1-16(2,3)19(18,15-10-5-4-6-11-15)13-14-9-7-8-12-17-14/h4-12H,13H2,1-3H3/t19-/m1/s1. The Balaban J connectivity index is 2.46. The van der Waals surface area contributed by atoms with Gasteiger partial charge in [0.15, 0.2) is 0 Å². The summed E-state index contributed by atoms with van der Waals surface area (Å²) in [5, 5.41) is 0.666. The Morgan fingerprint density at radius 3 is 2.16 bits per heavy atom. The number of aromatic nitrogens is 1. The molecule has 2 nitrogen and oxygen atoms in total. The summed E-state index contributed by atoms with van der Waals surface area (Å²) in [6, 6.07) is 15.6. The summed E-state index contributed by atoms with van der Waals surface area (Å²) in [6.07, 6.45) is 2.27. The lowest BCUT2D eigenvalue weighted by Crippen LogP contribution is -2.24. The number of rotatable bonds is 3. The number of nitrogens with zero attached hydrogens (tertiary/aromatic N) is 1. The zero-order valence-corrected chi connectivity index (χ0v) is 12.6. The predicted octanol–water partition coefficient (Wildman–Crippen LogP) is 4.07. The second kappa shape index (κ2) is 5.30. The highest BCUT2D eigenvalue weighted by Gasteiger charge is 2.38. The SMILES string of the molecule is CC(C)(C)[P@@](=O)(Cc1ccccn1)c1ccccc1. The second-order valence-corrected chi connectivity index (χ2v) is 9.38. The van der Waals surface area contributed by atoms with Gasteiger partial charge in [0.05, 0.1) is 0 Å². The van der Waals surface area contributed by atoms with E-state index < -0.39 is 7.14 Å². The molecule has 0 saturated heterocycles. The van der Waals surface area contributed by atoms with Crippen molar-refractivity contribution in [1.29, 1.82) is 0 Å². The molecule has 0 aliphatic carbocycles. The van der Waals surface area contributed by atoms with E-state index in [2.05, 4.69) is 4.98 Å². The molecule has 19 heavy (non-hydrogen) atoms. The summed E-state index contributed by atoms with van der Waals surface area (Å²) in [5.41, 5.74) is 0.893. The van der Waals surface area contributed by atoms with Crippen LogP contribution in [0.1, 0.15) is 26.5 Å². The molecule has 1 aromatic heterocycles. The highest BCUT2D eigenvalue weighted by atomic mass is 31.2. The summed E-state index contributed by atoms with van der Waals surface area (Å²) in [4.78, 5) is 4.33. The Morgan fingerprint density at radius 2 is 1.63 bits per heavy atom. The monoisotopic (exact) mass is 273 g/mol. The molecule has 0 amide bonds. The van der Waals surface area contributed by atoms with Crippen LogP contribution in [-0.4, -0.2) is 10.1 Å². The summed E-state index contributed by atoms with van der Waals surface area (Å²) < 4.78 is 13.6. The summed E-state index contributed by atoms with van der Waals surface area (Å²) in [7, 11) is -2.54. The molecular weight excluding hydrogens is 253 g/mol. The van der Waals surface area contributed by atoms with Gasteiger partial charge in [-0.15, -0.1) is 0 Å². The number of hydrogen-bond acceptors (Lipinski definition) is 2. The molecule has 0 spiro atoms. The molecule has 1 heterocycles. The van der Waals surface area contributed by atoms with Crippen LogP contribution in [0.5, 0.6) is 0 Å². The van der Waals surface area contributed by atoms with Crippen molar-refractivity contribution in [1.82, 2.24) is 4.98 Å². The Hall–Kier alpha value is -1.40. The lowest BCUT2D eigenvalue weighted by atomic mass is 10.3. The van der Waals surface area contributed by atoms with E-state index in [1.54, 1.807) is 6.20 Å². The quantitative estimate of drug-likeness (QED) is 0.789. The van der Waals surface area contributed by atoms with Gasteiger partial charge in [0.25, 0.3) is 0 Å². The maximum absolute atomic E-state index is 13.6. The Bertz CT molecular complexity index is 573. The van der Waals surface area contributed by atoms with Gasteiger partial charge in [-0.2, -0.15) is 0 Å². The van der Waals surface area contributed by atoms with E-state index in [0.29, 0.717) is 6.16 Å². The molecule has 2 aromatic rings. The molecule has 3 heteroatoms. The van der Waals surface area contributed by atoms with Crippen molar-refractivity contribution in [3.05, 3.63) is 60.4 Å². The molecule has 1 aromatic carbocycles. The Morgan fingerprint density at radius 1 is 1.00 bits per heavy atom. The predicted molar refractivity (Wildman–Crippen MR) is 81.4 cm³/mol. The molecule has 2 rings (SSSR count). The van der Waals surface area contributed by atoms with Crippen LogP contribution in [0.2, 0.25) is 0 Å². The van der Waals surface area contributed by atoms with Gasteiger partial charge in [0.2, 0.25) is 0 Å². The smallest absolute Gasteiger partial charge is 0.126 e. The Kier molecular flexibility index (Phi) is 3.91. The molecule has 100 valence electrons. The van der Waals surface area contributed by atoms with E-state index in [1.165, 1.54) is 0 Å². The van der Waals surface area contributed by atoms with Crippen molar-refractivity contribution in [2.24, 2.45) is 0 Å². The maximum Gasteiger partial charge on any atom is 0.126 e. The highest BCUT2D eigenvalue weighted by Crippen LogP contribution is 2.58. The lowest BCUT2D eigenvalue weighted by Gasteiger charge is -2.31. The van der Waals surface area contributed by atoms with Crippen LogP contribution in [0.15, 0.2) is 54.7 Å². The van der Waals surface area contributed by atoms with Crippen LogP contribution in [0, 0.1) is 0 Å². The average molecular weight is 273 g/mol. The fourth-order valence-corrected chi connectivity index (χ4v) is 4.83. The first-order chi connectivity index (χ1) is 8.93. The number of benzene rings is 1. The van der Waals surface area contributed by atoms with E-state index in [9.17, 15) is 4.57 Å². The van der Waals surface area contributed by atoms with Crippen LogP contribution in [0.25, 0.3) is 0 Å². The van der Waals surface area contributed by atoms with Crippen LogP contribution >= 0.6 is 7.14 Å². The molecule has 0 unspecified atom stereocenters. The van der Waals surface area contributed by atoms with Crippen LogP contribution in [-0.2, 0) is 10.7 Å². The molecule has 0 fully saturated rings. The van der Waals surface area contributed by atoms with E-state index in [-0.39, 0.29) is 5.16 Å². The fraction of sp³-hybridized carbons (Fsp3) is 0.312. The van der Waals surface area contributed by atoms with Crippen molar-refractivity contribution in [2.75, 3.05) is 0 Å². The number of pyridine rings is 1. The molecular formula is C16H20NOP. The van der Waals surface area contributed by atoms with Crippen LogP contribution < -0.4 is 5.30 Å². The molecule has 0 radical (unpaired) electrons. The third kappa shape index (κ3) is 2.96. The normalized spacial score (nSPS) is 14.9. The molecule has 0 bridgehead atoms. The van der Waals surface area contributed by atoms with E-state index >= 15 is 0 Å². The second-order valence-electron chi connectivity index (χ2n) is 5.73. The van der Waals surface area contributed by atoms with Gasteiger partial charge in [-0.05, 0) is 12.1 Å². The van der Waals surface area contributed by atoms with Gasteiger partial charge in [0.1, 0.15) is 7.14 Å². The van der Waals surface area contributed by atoms with Crippen molar-refractivity contribution >= 4 is 12.4 Å². The van der Waals surface area contributed by atoms with E-state index in [1.807, 2.05) is 69.3 Å². The van der Waals surface area contributed by atoms with Crippen molar-refractivity contribution < 1.29 is 4.57 Å². The van der Waals surface area contributed by atoms with Gasteiger partial charge in [0, 0.05) is 28.5 Å². The van der Waals surface area contributed by atoms with Gasteiger partial charge in [-0.25, -0.2) is 0 Å². The van der Waals surface area contributed by atoms with Gasteiger partial charge >= 0.3 is 0 Å². The third-order valence-electron chi connectivity index (χ3n) is 3.37. The molecule has 0 saturated carbocycles. The minimum absolute atomic E-state index is 0.272. The largest absolute Gasteiger partial charge is 0.318 e. The molecule has 0 aliphatic rings. The summed E-state index contributed by atoms with van der Waals surface area (Å²) in [5.74, 6) is 0. The third-order valence-corrected chi connectivity index (χ3v) is 7.44. The van der Waals surface area contributed by atoms with Crippen molar-refractivity contribution in [3.8, 4) is 0 Å². The first-order valence-corrected chi connectivity index (χ1v) is 8.37. The first-order valence-electron chi connectivity index (χ1n) is 6.48. The fourth-order valence-electron chi connectivity index (χ4n) is 2.10. The first kappa shape index (κ1) is 14.0. The summed E-state index contributed by atoms with van der Waals surface area (Å²) >= 11 is 0. The molecule has 1 atom stereocenters. The average Bonchev–Trinajstić information content (AvgIpc) is 2.39. The molecule has 0 aliphatic heterocycles. The zero-order valence-electron chi connectivity index (χ0n) is 11.7. The van der Waals surface area contributed by atoms with Gasteiger partial charge < -0.3 is 4.57 Å². The van der Waals surface area contributed by atoms with Crippen LogP contribution in [0.4, 0.5) is 0 Å². The number of hydrogen-bond donors (Lipinski definition) is 0. The van der Waals surface area contributed by atoms with E-state index in [0.717, 1.165) is 11.0 Å². The lowest BCUT2D eigenvalue weighted by molar-refractivity contribution is 0.555. The van der Waals surface area contributed by atoms with Crippen molar-refractivity contribution in [2.45, 2.75) is 32.1 Å². The van der Waals surface area contributed by atoms with Crippen LogP contribution in [0.3, 0.4) is 0 Å². The summed E-state index contributed by atoms with van der Waals surface area (Å²) in [6.45, 7) is 6.14. The molecule has 0 N–H and O–H groups in total. The van der Waals surface area contributed by atoms with Crippen molar-refractivity contribution in [3.63, 3.8) is 0 Å². The van der Waals surface area contributed by atoms with Gasteiger partial charge in [-0.1, -0.05) is 57.2 Å². The highest BCUT2D eigenvalue weighted by molar-refractivity contribution is 7.72.